The molecule has 0 radical (unpaired) electrons. The number of hydrogen-bond acceptors (Lipinski definition) is 6. The first-order valence-corrected chi connectivity index (χ1v) is 8.84. The number of amides is 1. The van der Waals surface area contributed by atoms with Gasteiger partial charge < -0.3 is 9.47 Å². The topological polar surface area (TPSA) is 102 Å². The number of carbonyl (C=O) groups excluding carboxylic acids is 1. The molecule has 0 bridgehead atoms. The highest BCUT2D eigenvalue weighted by atomic mass is 19.4. The van der Waals surface area contributed by atoms with E-state index in [-0.39, 0.29) is 5.75 Å². The maximum Gasteiger partial charge on any atom is 0.573 e. The zero-order valence-corrected chi connectivity index (χ0v) is 16.3. The van der Waals surface area contributed by atoms with Gasteiger partial charge in [0.1, 0.15) is 18.1 Å². The van der Waals surface area contributed by atoms with Crippen LogP contribution in [0.15, 0.2) is 54.9 Å². The van der Waals surface area contributed by atoms with Gasteiger partial charge in [0.15, 0.2) is 11.4 Å². The van der Waals surface area contributed by atoms with E-state index in [2.05, 4.69) is 20.1 Å². The third-order valence-corrected chi connectivity index (χ3v) is 3.83. The average molecular weight is 431 g/mol. The van der Waals surface area contributed by atoms with Crippen LogP contribution in [0.1, 0.15) is 13.8 Å². The number of nitriles is 1. The molecule has 3 rings (SSSR count). The fourth-order valence-electron chi connectivity index (χ4n) is 2.42. The van der Waals surface area contributed by atoms with Crippen molar-refractivity contribution in [2.45, 2.75) is 25.8 Å². The van der Waals surface area contributed by atoms with Gasteiger partial charge in [-0.1, -0.05) is 0 Å². The number of aromatic nitrogens is 3. The summed E-state index contributed by atoms with van der Waals surface area (Å²) in [7, 11) is 0. The highest BCUT2D eigenvalue weighted by Gasteiger charge is 2.31. The molecule has 1 N–H and O–H groups in total. The van der Waals surface area contributed by atoms with Gasteiger partial charge in [-0.15, -0.1) is 18.3 Å². The van der Waals surface area contributed by atoms with Gasteiger partial charge >= 0.3 is 12.5 Å². The summed E-state index contributed by atoms with van der Waals surface area (Å²) in [6, 6.07) is 13.6. The van der Waals surface area contributed by atoms with Crippen LogP contribution in [0.3, 0.4) is 0 Å². The van der Waals surface area contributed by atoms with E-state index < -0.39 is 18.1 Å². The van der Waals surface area contributed by atoms with E-state index in [1.54, 1.807) is 24.3 Å². The SMILES string of the molecule is CC(C)(C#N)OC(=O)Nc1ccc(-c2ncn(-c3ccc(OC(F)(F)F)cc3)n2)cc1. The lowest BCUT2D eigenvalue weighted by atomic mass is 10.2. The summed E-state index contributed by atoms with van der Waals surface area (Å²) >= 11 is 0. The largest absolute Gasteiger partial charge is 0.573 e. The molecular weight excluding hydrogens is 415 g/mol. The third-order valence-electron chi connectivity index (χ3n) is 3.83. The number of nitrogens with zero attached hydrogens (tertiary/aromatic N) is 4. The molecule has 0 spiro atoms. The number of ether oxygens (including phenoxy) is 2. The molecule has 0 fully saturated rings. The number of anilines is 1. The smallest absolute Gasteiger partial charge is 0.428 e. The molecular formula is C20H16F3N5O3. The van der Waals surface area contributed by atoms with Crippen LogP contribution in [0.4, 0.5) is 23.7 Å². The quantitative estimate of drug-likeness (QED) is 0.629. The lowest BCUT2D eigenvalue weighted by Gasteiger charge is -2.16. The van der Waals surface area contributed by atoms with E-state index in [1.165, 1.54) is 49.1 Å². The number of benzene rings is 2. The molecule has 160 valence electrons. The molecule has 3 aromatic rings. The number of halogens is 3. The molecule has 0 aliphatic carbocycles. The molecule has 1 aromatic heterocycles. The van der Waals surface area contributed by atoms with Crippen molar-refractivity contribution in [1.82, 2.24) is 14.8 Å². The molecule has 1 heterocycles. The zero-order chi connectivity index (χ0) is 22.6. The Morgan fingerprint density at radius 2 is 1.74 bits per heavy atom. The van der Waals surface area contributed by atoms with Crippen molar-refractivity contribution >= 4 is 11.8 Å². The summed E-state index contributed by atoms with van der Waals surface area (Å²) in [6.07, 6.45) is -4.10. The Labute approximate surface area is 174 Å². The first-order valence-electron chi connectivity index (χ1n) is 8.84. The number of rotatable bonds is 5. The lowest BCUT2D eigenvalue weighted by molar-refractivity contribution is -0.274. The molecule has 11 heteroatoms. The van der Waals surface area contributed by atoms with E-state index >= 15 is 0 Å². The van der Waals surface area contributed by atoms with Crippen molar-refractivity contribution in [2.75, 3.05) is 5.32 Å². The molecule has 0 saturated heterocycles. The molecule has 0 saturated carbocycles. The Bertz CT molecular complexity index is 1100. The third kappa shape index (κ3) is 5.96. The Kier molecular flexibility index (Phi) is 5.83. The van der Waals surface area contributed by atoms with Crippen molar-refractivity contribution < 1.29 is 27.4 Å². The van der Waals surface area contributed by atoms with Crippen LogP contribution in [0, 0.1) is 11.3 Å². The average Bonchev–Trinajstić information content (AvgIpc) is 3.17. The van der Waals surface area contributed by atoms with Gasteiger partial charge in [0.05, 0.1) is 5.69 Å². The van der Waals surface area contributed by atoms with Crippen LogP contribution in [-0.2, 0) is 4.74 Å². The fraction of sp³-hybridized carbons (Fsp3) is 0.200. The minimum Gasteiger partial charge on any atom is -0.428 e. The van der Waals surface area contributed by atoms with Crippen LogP contribution in [0.2, 0.25) is 0 Å². The van der Waals surface area contributed by atoms with Gasteiger partial charge in [-0.2, -0.15) is 5.26 Å². The summed E-state index contributed by atoms with van der Waals surface area (Å²) in [6.45, 7) is 2.93. The van der Waals surface area contributed by atoms with Crippen molar-refractivity contribution in [3.63, 3.8) is 0 Å². The number of hydrogen-bond donors (Lipinski definition) is 1. The van der Waals surface area contributed by atoms with Crippen LogP contribution in [0.5, 0.6) is 5.75 Å². The number of alkyl halides is 3. The molecule has 0 atom stereocenters. The molecule has 0 aliphatic heterocycles. The highest BCUT2D eigenvalue weighted by Crippen LogP contribution is 2.24. The minimum atomic E-state index is -4.76. The summed E-state index contributed by atoms with van der Waals surface area (Å²) in [4.78, 5) is 16.0. The molecule has 1 amide bonds. The van der Waals surface area contributed by atoms with Gasteiger partial charge in [0.2, 0.25) is 0 Å². The van der Waals surface area contributed by atoms with Gasteiger partial charge in [-0.05, 0) is 62.4 Å². The molecule has 8 nitrogen and oxygen atoms in total. The van der Waals surface area contributed by atoms with Gasteiger partial charge in [0.25, 0.3) is 0 Å². The summed E-state index contributed by atoms with van der Waals surface area (Å²) in [5, 5.41) is 15.7. The molecule has 31 heavy (non-hydrogen) atoms. The normalized spacial score (nSPS) is 11.5. The lowest BCUT2D eigenvalue weighted by Crippen LogP contribution is -2.28. The van der Waals surface area contributed by atoms with Crippen molar-refractivity contribution in [3.8, 4) is 28.9 Å². The van der Waals surface area contributed by atoms with Crippen molar-refractivity contribution in [1.29, 1.82) is 5.26 Å². The van der Waals surface area contributed by atoms with Crippen LogP contribution < -0.4 is 10.1 Å². The van der Waals surface area contributed by atoms with Crippen molar-refractivity contribution in [3.05, 3.63) is 54.9 Å². The van der Waals surface area contributed by atoms with Gasteiger partial charge in [-0.3, -0.25) is 5.32 Å². The number of nitrogens with one attached hydrogen (secondary N) is 1. The highest BCUT2D eigenvalue weighted by molar-refractivity contribution is 5.85. The van der Waals surface area contributed by atoms with E-state index in [0.29, 0.717) is 22.8 Å². The molecule has 2 aromatic carbocycles. The maximum atomic E-state index is 12.3. The standard InChI is InChI=1S/C20H16F3N5O3/c1-19(2,11-24)31-18(29)26-14-5-3-13(4-6-14)17-25-12-28(27-17)15-7-9-16(10-8-15)30-20(21,22)23/h3-10,12H,1-2H3,(H,26,29). The molecule has 0 unspecified atom stereocenters. The fourth-order valence-corrected chi connectivity index (χ4v) is 2.42. The van der Waals surface area contributed by atoms with Gasteiger partial charge in [0, 0.05) is 11.3 Å². The predicted octanol–water partition coefficient (Wildman–Crippen LogP) is 4.68. The van der Waals surface area contributed by atoms with Crippen molar-refractivity contribution in [2.24, 2.45) is 0 Å². The van der Waals surface area contributed by atoms with E-state index in [9.17, 15) is 18.0 Å². The predicted molar refractivity (Wildman–Crippen MR) is 103 cm³/mol. The van der Waals surface area contributed by atoms with Gasteiger partial charge in [-0.25, -0.2) is 14.5 Å². The Morgan fingerprint density at radius 3 is 2.32 bits per heavy atom. The summed E-state index contributed by atoms with van der Waals surface area (Å²) in [5.41, 5.74) is 0.335. The monoisotopic (exact) mass is 431 g/mol. The first-order chi connectivity index (χ1) is 14.5. The summed E-state index contributed by atoms with van der Waals surface area (Å²) < 4.78 is 47.0. The van der Waals surface area contributed by atoms with Crippen LogP contribution in [0.25, 0.3) is 17.1 Å². The first kappa shape index (κ1) is 21.6. The maximum absolute atomic E-state index is 12.3. The second-order valence-electron chi connectivity index (χ2n) is 6.77. The van der Waals surface area contributed by atoms with E-state index in [0.717, 1.165) is 0 Å². The summed E-state index contributed by atoms with van der Waals surface area (Å²) in [5.74, 6) is 0.0340. The van der Waals surface area contributed by atoms with Crippen LogP contribution in [-0.4, -0.2) is 32.8 Å². The van der Waals surface area contributed by atoms with Crippen LogP contribution >= 0.6 is 0 Å². The van der Waals surface area contributed by atoms with E-state index in [4.69, 9.17) is 10.00 Å². The Hall–Kier alpha value is -4.07. The van der Waals surface area contributed by atoms with E-state index in [1.807, 2.05) is 6.07 Å². The minimum absolute atomic E-state index is 0.337. The second kappa shape index (κ2) is 8.35. The Balaban J connectivity index is 1.67. The number of carbonyl (C=O) groups is 1. The zero-order valence-electron chi connectivity index (χ0n) is 16.3. The Morgan fingerprint density at radius 1 is 1.10 bits per heavy atom. The second-order valence-corrected chi connectivity index (χ2v) is 6.77. The molecule has 0 aliphatic rings.